The fourth-order valence-corrected chi connectivity index (χ4v) is 2.49. The number of thioether (sulfide) groups is 1. The zero-order valence-electron chi connectivity index (χ0n) is 11.0. The van der Waals surface area contributed by atoms with Crippen LogP contribution in [0.2, 0.25) is 0 Å². The molecular weight excluding hydrogens is 263 g/mol. The number of nitrogens with two attached hydrogens (primary N) is 1. The van der Waals surface area contributed by atoms with E-state index in [4.69, 9.17) is 10.2 Å². The van der Waals surface area contributed by atoms with Crippen molar-refractivity contribution in [3.63, 3.8) is 0 Å². The van der Waals surface area contributed by atoms with Crippen molar-refractivity contribution >= 4 is 11.8 Å². The fraction of sp³-hybridized carbons (Fsp3) is 0.357. The molecule has 0 fully saturated rings. The third-order valence-electron chi connectivity index (χ3n) is 2.37. The molecule has 0 aliphatic rings. The van der Waals surface area contributed by atoms with Crippen LogP contribution in [0.3, 0.4) is 0 Å². The summed E-state index contributed by atoms with van der Waals surface area (Å²) in [6.07, 6.45) is 1.63. The molecule has 1 aromatic heterocycles. The molecule has 0 unspecified atom stereocenters. The summed E-state index contributed by atoms with van der Waals surface area (Å²) in [7, 11) is 0. The summed E-state index contributed by atoms with van der Waals surface area (Å²) < 4.78 is 18.2. The Morgan fingerprint density at radius 1 is 1.32 bits per heavy atom. The first-order valence-corrected chi connectivity index (χ1v) is 7.16. The van der Waals surface area contributed by atoms with E-state index < -0.39 is 0 Å². The standard InChI is InChI=1S/C14H17FN2OS/c1-14(2,16)9-19-8-12-7-18-13(17-12)10-3-5-11(15)6-4-10/h3-7H,8-9,16H2,1-2H3. The molecule has 0 bridgehead atoms. The van der Waals surface area contributed by atoms with E-state index in [2.05, 4.69) is 4.98 Å². The van der Waals surface area contributed by atoms with Gasteiger partial charge in [0, 0.05) is 22.6 Å². The quantitative estimate of drug-likeness (QED) is 0.911. The molecule has 0 saturated carbocycles. The van der Waals surface area contributed by atoms with Crippen molar-refractivity contribution in [2.45, 2.75) is 25.1 Å². The molecule has 0 aliphatic carbocycles. The SMILES string of the molecule is CC(C)(N)CSCc1coc(-c2ccc(F)cc2)n1. The van der Waals surface area contributed by atoms with E-state index in [1.165, 1.54) is 12.1 Å². The number of hydrogen-bond donors (Lipinski definition) is 1. The van der Waals surface area contributed by atoms with E-state index in [0.29, 0.717) is 5.89 Å². The zero-order chi connectivity index (χ0) is 13.9. The maximum Gasteiger partial charge on any atom is 0.226 e. The first kappa shape index (κ1) is 14.1. The molecule has 2 aromatic rings. The molecule has 0 saturated heterocycles. The van der Waals surface area contributed by atoms with Crippen LogP contribution in [-0.2, 0) is 5.75 Å². The van der Waals surface area contributed by atoms with Crippen LogP contribution in [0.4, 0.5) is 4.39 Å². The highest BCUT2D eigenvalue weighted by Gasteiger charge is 2.12. The summed E-state index contributed by atoms with van der Waals surface area (Å²) in [6.45, 7) is 3.99. The molecule has 2 rings (SSSR count). The van der Waals surface area contributed by atoms with Gasteiger partial charge >= 0.3 is 0 Å². The number of hydrogen-bond acceptors (Lipinski definition) is 4. The molecule has 0 amide bonds. The van der Waals surface area contributed by atoms with Crippen LogP contribution in [-0.4, -0.2) is 16.3 Å². The van der Waals surface area contributed by atoms with Gasteiger partial charge in [-0.05, 0) is 38.1 Å². The lowest BCUT2D eigenvalue weighted by molar-refractivity contribution is 0.572. The Bertz CT molecular complexity index is 531. The number of nitrogens with zero attached hydrogens (tertiary/aromatic N) is 1. The topological polar surface area (TPSA) is 52.0 Å². The van der Waals surface area contributed by atoms with E-state index in [1.807, 2.05) is 13.8 Å². The molecule has 1 heterocycles. The molecule has 0 atom stereocenters. The Morgan fingerprint density at radius 3 is 2.63 bits per heavy atom. The molecular formula is C14H17FN2OS. The first-order chi connectivity index (χ1) is 8.94. The summed E-state index contributed by atoms with van der Waals surface area (Å²) >= 11 is 1.72. The van der Waals surface area contributed by atoms with Gasteiger partial charge in [0.1, 0.15) is 12.1 Å². The third kappa shape index (κ3) is 4.36. The third-order valence-corrected chi connectivity index (χ3v) is 3.81. The second-order valence-electron chi connectivity index (χ2n) is 5.13. The van der Waals surface area contributed by atoms with Crippen LogP contribution in [0.15, 0.2) is 34.9 Å². The number of oxazole rings is 1. The van der Waals surface area contributed by atoms with Gasteiger partial charge in [0.15, 0.2) is 0 Å². The van der Waals surface area contributed by atoms with Crippen LogP contribution >= 0.6 is 11.8 Å². The van der Waals surface area contributed by atoms with Crippen LogP contribution < -0.4 is 5.73 Å². The van der Waals surface area contributed by atoms with E-state index in [0.717, 1.165) is 22.8 Å². The predicted molar refractivity (Wildman–Crippen MR) is 76.3 cm³/mol. The van der Waals surface area contributed by atoms with E-state index in [9.17, 15) is 4.39 Å². The molecule has 1 aromatic carbocycles. The van der Waals surface area contributed by atoms with Crippen molar-refractivity contribution in [2.75, 3.05) is 5.75 Å². The lowest BCUT2D eigenvalue weighted by Crippen LogP contribution is -2.34. The Kier molecular flexibility index (Phi) is 4.27. The first-order valence-electron chi connectivity index (χ1n) is 6.01. The molecule has 0 spiro atoms. The predicted octanol–water partition coefficient (Wildman–Crippen LogP) is 3.45. The van der Waals surface area contributed by atoms with E-state index in [-0.39, 0.29) is 11.4 Å². The summed E-state index contributed by atoms with van der Waals surface area (Å²) in [5.41, 5.74) is 7.37. The van der Waals surface area contributed by atoms with Crippen LogP contribution in [0.1, 0.15) is 19.5 Å². The normalized spacial score (nSPS) is 11.8. The Labute approximate surface area is 116 Å². The lowest BCUT2D eigenvalue weighted by atomic mass is 10.1. The van der Waals surface area contributed by atoms with Gasteiger partial charge in [-0.3, -0.25) is 0 Å². The van der Waals surface area contributed by atoms with Gasteiger partial charge in [-0.25, -0.2) is 9.37 Å². The van der Waals surface area contributed by atoms with Crippen molar-refractivity contribution < 1.29 is 8.81 Å². The van der Waals surface area contributed by atoms with Crippen molar-refractivity contribution in [2.24, 2.45) is 5.73 Å². The minimum atomic E-state index is -0.267. The molecule has 0 aliphatic heterocycles. The molecule has 3 nitrogen and oxygen atoms in total. The highest BCUT2D eigenvalue weighted by atomic mass is 32.2. The zero-order valence-corrected chi connectivity index (χ0v) is 11.8. The maximum atomic E-state index is 12.8. The van der Waals surface area contributed by atoms with Crippen LogP contribution in [0, 0.1) is 5.82 Å². The number of aromatic nitrogens is 1. The average Bonchev–Trinajstić information content (AvgIpc) is 2.77. The summed E-state index contributed by atoms with van der Waals surface area (Å²) in [5, 5.41) is 0. The maximum absolute atomic E-state index is 12.8. The Balaban J connectivity index is 1.97. The van der Waals surface area contributed by atoms with Gasteiger partial charge in [-0.2, -0.15) is 11.8 Å². The molecule has 19 heavy (non-hydrogen) atoms. The molecule has 0 radical (unpaired) electrons. The minimum absolute atomic E-state index is 0.186. The van der Waals surface area contributed by atoms with Crippen molar-refractivity contribution in [3.8, 4) is 11.5 Å². The summed E-state index contributed by atoms with van der Waals surface area (Å²) in [5.74, 6) is 1.86. The van der Waals surface area contributed by atoms with Crippen LogP contribution in [0.25, 0.3) is 11.5 Å². The smallest absolute Gasteiger partial charge is 0.226 e. The fourth-order valence-electron chi connectivity index (χ4n) is 1.52. The molecule has 2 N–H and O–H groups in total. The molecule has 102 valence electrons. The van der Waals surface area contributed by atoms with Crippen molar-refractivity contribution in [1.82, 2.24) is 4.98 Å². The van der Waals surface area contributed by atoms with Gasteiger partial charge in [-0.1, -0.05) is 0 Å². The number of rotatable bonds is 5. The summed E-state index contributed by atoms with van der Waals surface area (Å²) in [6, 6.07) is 6.10. The second kappa shape index (κ2) is 5.75. The van der Waals surface area contributed by atoms with Gasteiger partial charge in [0.25, 0.3) is 0 Å². The van der Waals surface area contributed by atoms with E-state index >= 15 is 0 Å². The largest absolute Gasteiger partial charge is 0.444 e. The second-order valence-corrected chi connectivity index (χ2v) is 6.12. The van der Waals surface area contributed by atoms with Crippen LogP contribution in [0.5, 0.6) is 0 Å². The van der Waals surface area contributed by atoms with Crippen molar-refractivity contribution in [1.29, 1.82) is 0 Å². The Morgan fingerprint density at radius 2 is 2.00 bits per heavy atom. The minimum Gasteiger partial charge on any atom is -0.444 e. The highest BCUT2D eigenvalue weighted by Crippen LogP contribution is 2.22. The van der Waals surface area contributed by atoms with Gasteiger partial charge in [0.2, 0.25) is 5.89 Å². The van der Waals surface area contributed by atoms with Gasteiger partial charge in [0.05, 0.1) is 5.69 Å². The average molecular weight is 280 g/mol. The number of halogens is 1. The highest BCUT2D eigenvalue weighted by molar-refractivity contribution is 7.98. The van der Waals surface area contributed by atoms with E-state index in [1.54, 1.807) is 30.2 Å². The van der Waals surface area contributed by atoms with Crippen molar-refractivity contribution in [3.05, 3.63) is 42.0 Å². The summed E-state index contributed by atoms with van der Waals surface area (Å²) in [4.78, 5) is 4.38. The monoisotopic (exact) mass is 280 g/mol. The lowest BCUT2D eigenvalue weighted by Gasteiger charge is -2.16. The Hall–Kier alpha value is -1.33. The van der Waals surface area contributed by atoms with Gasteiger partial charge in [-0.15, -0.1) is 0 Å². The van der Waals surface area contributed by atoms with Gasteiger partial charge < -0.3 is 10.2 Å². The molecule has 5 heteroatoms. The number of benzene rings is 1.